The van der Waals surface area contributed by atoms with E-state index in [-0.39, 0.29) is 22.4 Å². The number of benzene rings is 2. The Morgan fingerprint density at radius 2 is 1.81 bits per heavy atom. The molecule has 5 nitrogen and oxygen atoms in total. The molecule has 0 radical (unpaired) electrons. The Balaban J connectivity index is 2.24. The zero-order valence-corrected chi connectivity index (χ0v) is 12.1. The average Bonchev–Trinajstić information content (AvgIpc) is 2.49. The maximum Gasteiger partial charge on any atom is 0.257 e. The van der Waals surface area contributed by atoms with Gasteiger partial charge in [0.25, 0.3) is 11.8 Å². The Kier molecular flexibility index (Phi) is 4.45. The molecule has 0 fully saturated rings. The van der Waals surface area contributed by atoms with Gasteiger partial charge in [0.15, 0.2) is 0 Å². The highest BCUT2D eigenvalue weighted by atomic mass is 35.5. The predicted molar refractivity (Wildman–Crippen MR) is 83.6 cm³/mol. The third-order valence-electron chi connectivity index (χ3n) is 2.88. The van der Waals surface area contributed by atoms with E-state index in [0.29, 0.717) is 16.9 Å². The van der Waals surface area contributed by atoms with Crippen molar-refractivity contribution in [3.63, 3.8) is 0 Å². The van der Waals surface area contributed by atoms with E-state index in [0.717, 1.165) is 0 Å². The maximum absolute atomic E-state index is 12.2. The van der Waals surface area contributed by atoms with E-state index in [4.69, 9.17) is 17.3 Å². The third-order valence-corrected chi connectivity index (χ3v) is 3.30. The molecule has 0 aromatic heterocycles. The summed E-state index contributed by atoms with van der Waals surface area (Å²) in [6, 6.07) is 11.4. The molecule has 0 bridgehead atoms. The van der Waals surface area contributed by atoms with Crippen molar-refractivity contribution >= 4 is 34.8 Å². The number of rotatable bonds is 3. The topological polar surface area (TPSA) is 84.2 Å². The van der Waals surface area contributed by atoms with E-state index in [1.165, 1.54) is 0 Å². The van der Waals surface area contributed by atoms with Gasteiger partial charge in [-0.25, -0.2) is 0 Å². The minimum Gasteiger partial charge on any atom is -0.398 e. The lowest BCUT2D eigenvalue weighted by molar-refractivity contribution is 0.0961. The van der Waals surface area contributed by atoms with Crippen LogP contribution in [0.2, 0.25) is 5.02 Å². The molecule has 2 aromatic carbocycles. The second kappa shape index (κ2) is 6.28. The number of hydrogen-bond acceptors (Lipinski definition) is 3. The first-order chi connectivity index (χ1) is 10.0. The summed E-state index contributed by atoms with van der Waals surface area (Å²) in [5.74, 6) is -0.616. The number of halogens is 1. The van der Waals surface area contributed by atoms with Crippen molar-refractivity contribution < 1.29 is 9.59 Å². The highest BCUT2D eigenvalue weighted by Gasteiger charge is 2.13. The molecule has 2 aromatic rings. The van der Waals surface area contributed by atoms with Gasteiger partial charge in [-0.3, -0.25) is 9.59 Å². The zero-order valence-electron chi connectivity index (χ0n) is 11.3. The number of nitrogens with one attached hydrogen (secondary N) is 2. The van der Waals surface area contributed by atoms with Crippen molar-refractivity contribution in [3.05, 3.63) is 58.6 Å². The number of carbonyl (C=O) groups is 2. The van der Waals surface area contributed by atoms with Crippen LogP contribution in [0.1, 0.15) is 20.7 Å². The summed E-state index contributed by atoms with van der Waals surface area (Å²) < 4.78 is 0. The lowest BCUT2D eigenvalue weighted by Crippen LogP contribution is -2.18. The molecule has 0 unspecified atom stereocenters. The summed E-state index contributed by atoms with van der Waals surface area (Å²) in [7, 11) is 1.54. The van der Waals surface area contributed by atoms with E-state index >= 15 is 0 Å². The second-order valence-electron chi connectivity index (χ2n) is 4.32. The van der Waals surface area contributed by atoms with Gasteiger partial charge in [-0.1, -0.05) is 23.7 Å². The van der Waals surface area contributed by atoms with Gasteiger partial charge in [0.2, 0.25) is 0 Å². The van der Waals surface area contributed by atoms with Crippen molar-refractivity contribution in [1.82, 2.24) is 5.32 Å². The smallest absolute Gasteiger partial charge is 0.257 e. The fourth-order valence-corrected chi connectivity index (χ4v) is 2.02. The van der Waals surface area contributed by atoms with E-state index in [1.54, 1.807) is 49.5 Å². The number of anilines is 2. The summed E-state index contributed by atoms with van der Waals surface area (Å²) in [5.41, 5.74) is 7.24. The fourth-order valence-electron chi connectivity index (χ4n) is 1.81. The Hall–Kier alpha value is -2.53. The molecule has 21 heavy (non-hydrogen) atoms. The Morgan fingerprint density at radius 3 is 2.52 bits per heavy atom. The summed E-state index contributed by atoms with van der Waals surface area (Å²) >= 11 is 6.01. The third kappa shape index (κ3) is 3.32. The molecule has 0 atom stereocenters. The molecule has 2 amide bonds. The number of nitrogen functional groups attached to an aromatic ring is 1. The van der Waals surface area contributed by atoms with Crippen LogP contribution >= 0.6 is 11.6 Å². The quantitative estimate of drug-likeness (QED) is 0.762. The van der Waals surface area contributed by atoms with Crippen LogP contribution in [-0.4, -0.2) is 18.9 Å². The van der Waals surface area contributed by atoms with Crippen molar-refractivity contribution in [2.75, 3.05) is 18.1 Å². The van der Waals surface area contributed by atoms with Crippen LogP contribution in [0, 0.1) is 0 Å². The van der Waals surface area contributed by atoms with Crippen LogP contribution in [0.5, 0.6) is 0 Å². The summed E-state index contributed by atoms with van der Waals surface area (Å²) in [6.07, 6.45) is 0. The summed E-state index contributed by atoms with van der Waals surface area (Å²) in [6.45, 7) is 0. The van der Waals surface area contributed by atoms with Gasteiger partial charge >= 0.3 is 0 Å². The number of hydrogen-bond donors (Lipinski definition) is 3. The standard InChI is InChI=1S/C15H14ClN3O2/c1-18-14(20)9-4-2-5-10(8-9)19-15(21)11-6-3-7-12(17)13(11)16/h2-8H,17H2,1H3,(H,18,20)(H,19,21). The van der Waals surface area contributed by atoms with Gasteiger partial charge in [-0.05, 0) is 30.3 Å². The van der Waals surface area contributed by atoms with E-state index in [9.17, 15) is 9.59 Å². The van der Waals surface area contributed by atoms with Crippen molar-refractivity contribution in [2.24, 2.45) is 0 Å². The van der Waals surface area contributed by atoms with Gasteiger partial charge < -0.3 is 16.4 Å². The van der Waals surface area contributed by atoms with Crippen molar-refractivity contribution in [2.45, 2.75) is 0 Å². The molecular weight excluding hydrogens is 290 g/mol. The van der Waals surface area contributed by atoms with Gasteiger partial charge in [0.1, 0.15) is 0 Å². The maximum atomic E-state index is 12.2. The normalized spacial score (nSPS) is 10.0. The Bertz CT molecular complexity index is 701. The SMILES string of the molecule is CNC(=O)c1cccc(NC(=O)c2cccc(N)c2Cl)c1. The number of amides is 2. The lowest BCUT2D eigenvalue weighted by atomic mass is 10.1. The van der Waals surface area contributed by atoms with Gasteiger partial charge in [-0.15, -0.1) is 0 Å². The van der Waals surface area contributed by atoms with Crippen LogP contribution < -0.4 is 16.4 Å². The molecule has 2 rings (SSSR count). The Labute approximate surface area is 127 Å². The molecule has 0 aliphatic rings. The molecule has 108 valence electrons. The predicted octanol–water partition coefficient (Wildman–Crippen LogP) is 2.53. The summed E-state index contributed by atoms with van der Waals surface area (Å²) in [4.78, 5) is 23.7. The molecule has 0 saturated carbocycles. The second-order valence-corrected chi connectivity index (χ2v) is 4.70. The zero-order chi connectivity index (χ0) is 15.4. The van der Waals surface area contributed by atoms with Crippen LogP contribution in [0.15, 0.2) is 42.5 Å². The molecule has 6 heteroatoms. The van der Waals surface area contributed by atoms with Crippen LogP contribution in [0.3, 0.4) is 0 Å². The molecule has 0 saturated heterocycles. The summed E-state index contributed by atoms with van der Waals surface area (Å²) in [5, 5.41) is 5.41. The minimum absolute atomic E-state index is 0.206. The van der Waals surface area contributed by atoms with Gasteiger partial charge in [0, 0.05) is 18.3 Å². The molecule has 0 aliphatic heterocycles. The molecule has 0 aliphatic carbocycles. The largest absolute Gasteiger partial charge is 0.398 e. The minimum atomic E-state index is -0.388. The van der Waals surface area contributed by atoms with E-state index < -0.39 is 0 Å². The first-order valence-electron chi connectivity index (χ1n) is 6.20. The van der Waals surface area contributed by atoms with E-state index in [2.05, 4.69) is 10.6 Å². The van der Waals surface area contributed by atoms with Crippen LogP contribution in [-0.2, 0) is 0 Å². The molecular formula is C15H14ClN3O2. The molecule has 4 N–H and O–H groups in total. The van der Waals surface area contributed by atoms with Crippen molar-refractivity contribution in [3.8, 4) is 0 Å². The van der Waals surface area contributed by atoms with Crippen LogP contribution in [0.4, 0.5) is 11.4 Å². The first-order valence-corrected chi connectivity index (χ1v) is 6.58. The lowest BCUT2D eigenvalue weighted by Gasteiger charge is -2.09. The highest BCUT2D eigenvalue weighted by Crippen LogP contribution is 2.24. The van der Waals surface area contributed by atoms with Gasteiger partial charge in [-0.2, -0.15) is 0 Å². The molecule has 0 spiro atoms. The number of nitrogens with two attached hydrogens (primary N) is 1. The van der Waals surface area contributed by atoms with Gasteiger partial charge in [0.05, 0.1) is 16.3 Å². The Morgan fingerprint density at radius 1 is 1.10 bits per heavy atom. The average molecular weight is 304 g/mol. The van der Waals surface area contributed by atoms with E-state index in [1.807, 2.05) is 0 Å². The number of carbonyl (C=O) groups excluding carboxylic acids is 2. The molecule has 0 heterocycles. The highest BCUT2D eigenvalue weighted by molar-refractivity contribution is 6.36. The first kappa shape index (κ1) is 14.9. The van der Waals surface area contributed by atoms with Crippen molar-refractivity contribution in [1.29, 1.82) is 0 Å². The van der Waals surface area contributed by atoms with Crippen LogP contribution in [0.25, 0.3) is 0 Å². The fraction of sp³-hybridized carbons (Fsp3) is 0.0667. The monoisotopic (exact) mass is 303 g/mol.